The molecule has 3 aromatic rings. The quantitative estimate of drug-likeness (QED) is 0.605. The van der Waals surface area contributed by atoms with E-state index in [0.29, 0.717) is 22.7 Å². The van der Waals surface area contributed by atoms with E-state index in [2.05, 4.69) is 26.6 Å². The molecule has 7 nitrogen and oxygen atoms in total. The molecule has 0 fully saturated rings. The van der Waals surface area contributed by atoms with Crippen LogP contribution in [0.1, 0.15) is 35.3 Å². The van der Waals surface area contributed by atoms with Gasteiger partial charge in [0.2, 0.25) is 5.91 Å². The first kappa shape index (κ1) is 19.6. The number of carbonyl (C=O) groups is 1. The summed E-state index contributed by atoms with van der Waals surface area (Å²) in [5, 5.41) is 22.3. The Bertz CT molecular complexity index is 1070. The van der Waals surface area contributed by atoms with E-state index < -0.39 is 0 Å². The number of anilines is 1. The van der Waals surface area contributed by atoms with Crippen LogP contribution in [0.5, 0.6) is 0 Å². The van der Waals surface area contributed by atoms with Crippen LogP contribution in [0, 0.1) is 11.3 Å². The molecule has 1 aliphatic carbocycles. The number of nitrogens with zero attached hydrogens (tertiary/aromatic N) is 5. The fourth-order valence-corrected chi connectivity index (χ4v) is 5.49. The molecular formula is C20H20N6OS2. The van der Waals surface area contributed by atoms with E-state index in [1.807, 2.05) is 23.7 Å². The number of carbonyl (C=O) groups excluding carboxylic acids is 1. The van der Waals surface area contributed by atoms with Crippen molar-refractivity contribution >= 4 is 34.0 Å². The molecule has 0 aliphatic heterocycles. The van der Waals surface area contributed by atoms with Gasteiger partial charge in [0.15, 0.2) is 11.0 Å². The van der Waals surface area contributed by atoms with Crippen LogP contribution >= 0.6 is 23.1 Å². The minimum Gasteiger partial charge on any atom is -0.317 e. The maximum atomic E-state index is 12.4. The predicted octanol–water partition coefficient (Wildman–Crippen LogP) is 3.81. The molecule has 1 aliphatic rings. The molecule has 29 heavy (non-hydrogen) atoms. The Morgan fingerprint density at radius 1 is 1.38 bits per heavy atom. The third kappa shape index (κ3) is 4.18. The summed E-state index contributed by atoms with van der Waals surface area (Å²) in [5.74, 6) is 1.24. The van der Waals surface area contributed by atoms with E-state index in [-0.39, 0.29) is 5.91 Å². The molecule has 0 aromatic carbocycles. The lowest BCUT2D eigenvalue weighted by atomic mass is 9.96. The molecule has 1 amide bonds. The molecule has 0 radical (unpaired) electrons. The van der Waals surface area contributed by atoms with Crippen LogP contribution in [0.15, 0.2) is 29.7 Å². The molecule has 0 atom stereocenters. The van der Waals surface area contributed by atoms with E-state index in [9.17, 15) is 10.1 Å². The normalized spacial score (nSPS) is 13.0. The molecule has 1 N–H and O–H groups in total. The van der Waals surface area contributed by atoms with Gasteiger partial charge in [0.05, 0.1) is 5.56 Å². The number of aromatic nitrogens is 4. The SMILES string of the molecule is Cn1c(SCCC(=O)Nc2sc3c(c2C#N)CCCC3)nnc1-c1cccnc1. The number of nitriles is 1. The number of aryl methyl sites for hydroxylation is 1. The Kier molecular flexibility index (Phi) is 5.92. The maximum absolute atomic E-state index is 12.4. The summed E-state index contributed by atoms with van der Waals surface area (Å²) in [6.07, 6.45) is 8.02. The third-order valence-electron chi connectivity index (χ3n) is 4.85. The van der Waals surface area contributed by atoms with Crippen LogP contribution in [-0.4, -0.2) is 31.4 Å². The van der Waals surface area contributed by atoms with Gasteiger partial charge in [-0.05, 0) is 43.4 Å². The first-order valence-electron chi connectivity index (χ1n) is 9.44. The minimum atomic E-state index is -0.0813. The zero-order valence-electron chi connectivity index (χ0n) is 16.0. The van der Waals surface area contributed by atoms with Crippen molar-refractivity contribution in [2.75, 3.05) is 11.1 Å². The number of thioether (sulfide) groups is 1. The van der Waals surface area contributed by atoms with Crippen LogP contribution in [0.2, 0.25) is 0 Å². The highest BCUT2D eigenvalue weighted by Gasteiger charge is 2.21. The Morgan fingerprint density at radius 2 is 2.24 bits per heavy atom. The van der Waals surface area contributed by atoms with Gasteiger partial charge >= 0.3 is 0 Å². The van der Waals surface area contributed by atoms with Crippen molar-refractivity contribution in [2.45, 2.75) is 37.3 Å². The van der Waals surface area contributed by atoms with Gasteiger partial charge in [-0.25, -0.2) is 0 Å². The number of hydrogen-bond donors (Lipinski definition) is 1. The molecule has 0 saturated carbocycles. The lowest BCUT2D eigenvalue weighted by molar-refractivity contribution is -0.115. The Balaban J connectivity index is 1.35. The summed E-state index contributed by atoms with van der Waals surface area (Å²) >= 11 is 3.04. The van der Waals surface area contributed by atoms with Crippen LogP contribution in [0.3, 0.4) is 0 Å². The molecular weight excluding hydrogens is 404 g/mol. The minimum absolute atomic E-state index is 0.0813. The van der Waals surface area contributed by atoms with E-state index >= 15 is 0 Å². The average molecular weight is 425 g/mol. The lowest BCUT2D eigenvalue weighted by Crippen LogP contribution is -2.12. The second-order valence-electron chi connectivity index (χ2n) is 6.78. The molecule has 0 saturated heterocycles. The number of hydrogen-bond acceptors (Lipinski definition) is 7. The van der Waals surface area contributed by atoms with Crippen molar-refractivity contribution in [3.8, 4) is 17.5 Å². The Morgan fingerprint density at radius 3 is 3.03 bits per heavy atom. The number of pyridine rings is 1. The van der Waals surface area contributed by atoms with Gasteiger partial charge < -0.3 is 9.88 Å². The summed E-state index contributed by atoms with van der Waals surface area (Å²) in [4.78, 5) is 17.8. The van der Waals surface area contributed by atoms with Crippen molar-refractivity contribution < 1.29 is 4.79 Å². The number of fused-ring (bicyclic) bond motifs is 1. The number of rotatable bonds is 6. The molecule has 0 spiro atoms. The van der Waals surface area contributed by atoms with Crippen molar-refractivity contribution in [3.63, 3.8) is 0 Å². The van der Waals surface area contributed by atoms with Crippen molar-refractivity contribution in [3.05, 3.63) is 40.5 Å². The Labute approximate surface area is 177 Å². The van der Waals surface area contributed by atoms with Crippen LogP contribution in [0.25, 0.3) is 11.4 Å². The zero-order chi connectivity index (χ0) is 20.2. The lowest BCUT2D eigenvalue weighted by Gasteiger charge is -2.09. The molecule has 4 rings (SSSR count). The summed E-state index contributed by atoms with van der Waals surface area (Å²) in [6, 6.07) is 6.08. The molecule has 9 heteroatoms. The largest absolute Gasteiger partial charge is 0.317 e. The first-order chi connectivity index (χ1) is 14.2. The number of amides is 1. The highest BCUT2D eigenvalue weighted by Crippen LogP contribution is 2.37. The fourth-order valence-electron chi connectivity index (χ4n) is 3.38. The summed E-state index contributed by atoms with van der Waals surface area (Å²) < 4.78 is 1.90. The highest BCUT2D eigenvalue weighted by molar-refractivity contribution is 7.99. The van der Waals surface area contributed by atoms with Gasteiger partial charge in [0.25, 0.3) is 0 Å². The van der Waals surface area contributed by atoms with Gasteiger partial charge in [-0.1, -0.05) is 11.8 Å². The van der Waals surface area contributed by atoms with Crippen LogP contribution in [0.4, 0.5) is 5.00 Å². The second-order valence-corrected chi connectivity index (χ2v) is 8.95. The average Bonchev–Trinajstić information content (AvgIpc) is 3.28. The zero-order valence-corrected chi connectivity index (χ0v) is 17.6. The maximum Gasteiger partial charge on any atom is 0.225 e. The molecule has 148 valence electrons. The molecule has 0 bridgehead atoms. The first-order valence-corrected chi connectivity index (χ1v) is 11.2. The molecule has 3 aromatic heterocycles. The van der Waals surface area contributed by atoms with Crippen LogP contribution < -0.4 is 5.32 Å². The smallest absolute Gasteiger partial charge is 0.225 e. The summed E-state index contributed by atoms with van der Waals surface area (Å²) in [6.45, 7) is 0. The van der Waals surface area contributed by atoms with E-state index in [4.69, 9.17) is 0 Å². The predicted molar refractivity (Wildman–Crippen MR) is 114 cm³/mol. The fraction of sp³-hybridized carbons (Fsp3) is 0.350. The topological polar surface area (TPSA) is 96.5 Å². The summed E-state index contributed by atoms with van der Waals surface area (Å²) in [7, 11) is 1.90. The standard InChI is InChI=1S/C20H20N6OS2/c1-26-18(13-5-4-9-22-12-13)24-25-20(26)28-10-8-17(27)23-19-15(11-21)14-6-2-3-7-16(14)29-19/h4-5,9,12H,2-3,6-8,10H2,1H3,(H,23,27). The van der Waals surface area contributed by atoms with Crippen molar-refractivity contribution in [1.29, 1.82) is 5.26 Å². The highest BCUT2D eigenvalue weighted by atomic mass is 32.2. The van der Waals surface area contributed by atoms with Gasteiger partial charge in [0, 0.05) is 42.1 Å². The third-order valence-corrected chi connectivity index (χ3v) is 7.08. The molecule has 3 heterocycles. The van der Waals surface area contributed by atoms with Gasteiger partial charge in [-0.2, -0.15) is 5.26 Å². The Hall–Kier alpha value is -2.70. The van der Waals surface area contributed by atoms with Crippen molar-refractivity contribution in [2.24, 2.45) is 7.05 Å². The van der Waals surface area contributed by atoms with Gasteiger partial charge in [-0.15, -0.1) is 21.5 Å². The number of thiophene rings is 1. The monoisotopic (exact) mass is 424 g/mol. The van der Waals surface area contributed by atoms with Gasteiger partial charge in [-0.3, -0.25) is 9.78 Å². The number of nitrogens with one attached hydrogen (secondary N) is 1. The van der Waals surface area contributed by atoms with Crippen molar-refractivity contribution in [1.82, 2.24) is 19.7 Å². The van der Waals surface area contributed by atoms with E-state index in [1.54, 1.807) is 23.7 Å². The van der Waals surface area contributed by atoms with Gasteiger partial charge in [0.1, 0.15) is 11.1 Å². The molecule has 0 unspecified atom stereocenters. The second kappa shape index (κ2) is 8.76. The van der Waals surface area contributed by atoms with E-state index in [0.717, 1.165) is 47.8 Å². The van der Waals surface area contributed by atoms with E-state index in [1.165, 1.54) is 16.6 Å². The summed E-state index contributed by atoms with van der Waals surface area (Å²) in [5.41, 5.74) is 2.69. The van der Waals surface area contributed by atoms with Crippen LogP contribution in [-0.2, 0) is 24.7 Å².